The number of aliphatic imine (C=N–C) groups is 1. The molecule has 0 unspecified atom stereocenters. The molecule has 0 aliphatic heterocycles. The SMILES string of the molecule is O=c1[nH]n(-c2ccc(Cl)cc2)c(O)c1C=NC1=CCCCCC1. The Morgan fingerprint density at radius 2 is 2.00 bits per heavy atom. The number of hydrogen-bond acceptors (Lipinski definition) is 3. The van der Waals surface area contributed by atoms with Crippen LogP contribution in [-0.2, 0) is 0 Å². The van der Waals surface area contributed by atoms with Gasteiger partial charge in [-0.25, -0.2) is 4.68 Å². The molecule has 0 saturated carbocycles. The summed E-state index contributed by atoms with van der Waals surface area (Å²) in [4.78, 5) is 16.4. The quantitative estimate of drug-likeness (QED) is 0.840. The van der Waals surface area contributed by atoms with E-state index in [0.29, 0.717) is 10.7 Å². The van der Waals surface area contributed by atoms with Crippen molar-refractivity contribution < 1.29 is 5.11 Å². The molecule has 2 N–H and O–H groups in total. The molecule has 0 saturated heterocycles. The lowest BCUT2D eigenvalue weighted by atomic mass is 10.2. The first-order valence-electron chi connectivity index (χ1n) is 7.68. The van der Waals surface area contributed by atoms with Gasteiger partial charge in [-0.2, -0.15) is 0 Å². The molecule has 0 radical (unpaired) electrons. The van der Waals surface area contributed by atoms with Crippen LogP contribution < -0.4 is 5.56 Å². The van der Waals surface area contributed by atoms with Gasteiger partial charge in [-0.3, -0.25) is 14.9 Å². The Morgan fingerprint density at radius 3 is 2.78 bits per heavy atom. The molecule has 0 atom stereocenters. The first kappa shape index (κ1) is 15.6. The highest BCUT2D eigenvalue weighted by Crippen LogP contribution is 2.21. The minimum atomic E-state index is -0.379. The number of hydrogen-bond donors (Lipinski definition) is 2. The molecule has 1 aliphatic rings. The Balaban J connectivity index is 1.90. The van der Waals surface area contributed by atoms with E-state index in [4.69, 9.17) is 11.6 Å². The Hall–Kier alpha value is -2.27. The highest BCUT2D eigenvalue weighted by molar-refractivity contribution is 6.30. The molecular weight excluding hydrogens is 314 g/mol. The normalized spacial score (nSPS) is 15.6. The van der Waals surface area contributed by atoms with Crippen molar-refractivity contribution in [2.75, 3.05) is 0 Å². The van der Waals surface area contributed by atoms with Crippen molar-refractivity contribution in [3.05, 3.63) is 57.0 Å². The molecule has 5 nitrogen and oxygen atoms in total. The van der Waals surface area contributed by atoms with Crippen molar-refractivity contribution in [1.29, 1.82) is 0 Å². The van der Waals surface area contributed by atoms with Crippen molar-refractivity contribution in [3.8, 4) is 11.6 Å². The second-order valence-corrected chi connectivity index (χ2v) is 5.98. The van der Waals surface area contributed by atoms with Gasteiger partial charge in [-0.15, -0.1) is 0 Å². The molecule has 23 heavy (non-hydrogen) atoms. The van der Waals surface area contributed by atoms with Gasteiger partial charge < -0.3 is 5.11 Å². The highest BCUT2D eigenvalue weighted by atomic mass is 35.5. The monoisotopic (exact) mass is 331 g/mol. The van der Waals surface area contributed by atoms with E-state index in [2.05, 4.69) is 16.2 Å². The fourth-order valence-corrected chi connectivity index (χ4v) is 2.72. The van der Waals surface area contributed by atoms with Crippen molar-refractivity contribution >= 4 is 17.8 Å². The third-order valence-corrected chi connectivity index (χ3v) is 4.12. The molecule has 1 aliphatic carbocycles. The first-order chi connectivity index (χ1) is 11.1. The number of aromatic hydroxyl groups is 1. The number of allylic oxidation sites excluding steroid dienone is 2. The number of nitrogens with zero attached hydrogens (tertiary/aromatic N) is 2. The van der Waals surface area contributed by atoms with Crippen molar-refractivity contribution in [2.45, 2.75) is 32.1 Å². The lowest BCUT2D eigenvalue weighted by molar-refractivity contribution is 0.433. The van der Waals surface area contributed by atoms with Gasteiger partial charge in [0.05, 0.1) is 5.69 Å². The van der Waals surface area contributed by atoms with Gasteiger partial charge in [0.2, 0.25) is 5.88 Å². The second-order valence-electron chi connectivity index (χ2n) is 5.54. The topological polar surface area (TPSA) is 70.4 Å². The zero-order chi connectivity index (χ0) is 16.2. The third kappa shape index (κ3) is 3.56. The summed E-state index contributed by atoms with van der Waals surface area (Å²) in [5.41, 5.74) is 1.37. The zero-order valence-electron chi connectivity index (χ0n) is 12.6. The minimum Gasteiger partial charge on any atom is -0.493 e. The van der Waals surface area contributed by atoms with E-state index in [9.17, 15) is 9.90 Å². The predicted molar refractivity (Wildman–Crippen MR) is 91.8 cm³/mol. The summed E-state index contributed by atoms with van der Waals surface area (Å²) in [5.74, 6) is -0.157. The standard InChI is InChI=1S/C17H18ClN3O2/c18-12-7-9-14(10-8-12)21-17(23)15(16(22)20-21)11-19-13-5-3-1-2-4-6-13/h5,7-11,23H,1-4,6H2,(H,20,22). The van der Waals surface area contributed by atoms with Gasteiger partial charge in [0.15, 0.2) is 0 Å². The van der Waals surface area contributed by atoms with Crippen LogP contribution in [0.5, 0.6) is 5.88 Å². The molecule has 2 aromatic rings. The van der Waals surface area contributed by atoms with Crippen LogP contribution in [0.3, 0.4) is 0 Å². The number of aromatic amines is 1. The summed E-state index contributed by atoms with van der Waals surface area (Å²) in [7, 11) is 0. The van der Waals surface area contributed by atoms with Gasteiger partial charge in [0, 0.05) is 16.9 Å². The summed E-state index contributed by atoms with van der Waals surface area (Å²) < 4.78 is 1.32. The summed E-state index contributed by atoms with van der Waals surface area (Å²) in [6.45, 7) is 0. The lowest BCUT2D eigenvalue weighted by Crippen LogP contribution is -2.06. The average Bonchev–Trinajstić information content (AvgIpc) is 2.73. The van der Waals surface area contributed by atoms with Gasteiger partial charge in [-0.1, -0.05) is 24.1 Å². The first-order valence-corrected chi connectivity index (χ1v) is 8.06. The van der Waals surface area contributed by atoms with Crippen molar-refractivity contribution in [3.63, 3.8) is 0 Å². The largest absolute Gasteiger partial charge is 0.493 e. The Kier molecular flexibility index (Phi) is 4.67. The van der Waals surface area contributed by atoms with Crippen LogP contribution in [0.1, 0.15) is 37.7 Å². The molecule has 0 spiro atoms. The molecule has 1 aromatic heterocycles. The molecule has 0 amide bonds. The molecule has 0 fully saturated rings. The fourth-order valence-electron chi connectivity index (χ4n) is 2.59. The van der Waals surface area contributed by atoms with E-state index < -0.39 is 0 Å². The maximum absolute atomic E-state index is 12.1. The van der Waals surface area contributed by atoms with Gasteiger partial charge in [-0.05, 0) is 49.9 Å². The molecule has 120 valence electrons. The van der Waals surface area contributed by atoms with Crippen LogP contribution in [0.15, 0.2) is 45.8 Å². The molecule has 3 rings (SSSR count). The van der Waals surface area contributed by atoms with Gasteiger partial charge >= 0.3 is 0 Å². The van der Waals surface area contributed by atoms with E-state index in [1.165, 1.54) is 23.7 Å². The summed E-state index contributed by atoms with van der Waals surface area (Å²) in [6.07, 6.45) is 8.96. The van der Waals surface area contributed by atoms with Crippen LogP contribution in [0.4, 0.5) is 0 Å². The van der Waals surface area contributed by atoms with E-state index in [0.717, 1.165) is 25.0 Å². The molecule has 1 heterocycles. The zero-order valence-corrected chi connectivity index (χ0v) is 13.4. The number of benzene rings is 1. The van der Waals surface area contributed by atoms with Crippen molar-refractivity contribution in [2.24, 2.45) is 4.99 Å². The van der Waals surface area contributed by atoms with Crippen LogP contribution in [-0.4, -0.2) is 21.1 Å². The molecule has 0 bridgehead atoms. The van der Waals surface area contributed by atoms with Gasteiger partial charge in [0.1, 0.15) is 5.56 Å². The third-order valence-electron chi connectivity index (χ3n) is 3.87. The van der Waals surface area contributed by atoms with Crippen molar-refractivity contribution in [1.82, 2.24) is 9.78 Å². The highest BCUT2D eigenvalue weighted by Gasteiger charge is 2.13. The molecule has 6 heteroatoms. The summed E-state index contributed by atoms with van der Waals surface area (Å²) in [6, 6.07) is 6.82. The second kappa shape index (κ2) is 6.87. The smallest absolute Gasteiger partial charge is 0.277 e. The maximum Gasteiger partial charge on any atom is 0.277 e. The molecule has 1 aromatic carbocycles. The summed E-state index contributed by atoms with van der Waals surface area (Å²) >= 11 is 5.85. The molecular formula is C17H18ClN3O2. The van der Waals surface area contributed by atoms with E-state index in [-0.39, 0.29) is 17.0 Å². The number of aromatic nitrogens is 2. The van der Waals surface area contributed by atoms with Crippen LogP contribution >= 0.6 is 11.6 Å². The maximum atomic E-state index is 12.1. The fraction of sp³-hybridized carbons (Fsp3) is 0.294. The average molecular weight is 332 g/mol. The Labute approximate surface area is 138 Å². The van der Waals surface area contributed by atoms with Crippen LogP contribution in [0.25, 0.3) is 5.69 Å². The summed E-state index contributed by atoms with van der Waals surface area (Å²) in [5, 5.41) is 13.5. The van der Waals surface area contributed by atoms with Gasteiger partial charge in [0.25, 0.3) is 5.56 Å². The van der Waals surface area contributed by atoms with Crippen LogP contribution in [0.2, 0.25) is 5.02 Å². The number of nitrogens with one attached hydrogen (secondary N) is 1. The van der Waals surface area contributed by atoms with Crippen LogP contribution in [0, 0.1) is 0 Å². The number of H-pyrrole nitrogens is 1. The van der Waals surface area contributed by atoms with E-state index in [1.807, 2.05) is 0 Å². The Morgan fingerprint density at radius 1 is 1.22 bits per heavy atom. The number of rotatable bonds is 3. The minimum absolute atomic E-state index is 0.157. The predicted octanol–water partition coefficient (Wildman–Crippen LogP) is 3.79. The number of halogens is 1. The lowest BCUT2D eigenvalue weighted by Gasteiger charge is -2.03. The van der Waals surface area contributed by atoms with E-state index >= 15 is 0 Å². The van der Waals surface area contributed by atoms with E-state index in [1.54, 1.807) is 24.3 Å². The Bertz CT molecular complexity index is 800.